The molecule has 130 valence electrons. The van der Waals surface area contributed by atoms with E-state index in [1.54, 1.807) is 18.7 Å². The summed E-state index contributed by atoms with van der Waals surface area (Å²) in [6.07, 6.45) is 3.08. The molecule has 0 saturated carbocycles. The molecule has 0 aliphatic heterocycles. The van der Waals surface area contributed by atoms with Crippen molar-refractivity contribution in [3.05, 3.63) is 46.6 Å². The number of aromatic nitrogens is 2. The number of aliphatic hydroxyl groups excluding tert-OH is 1. The number of benzene rings is 1. The highest BCUT2D eigenvalue weighted by molar-refractivity contribution is 7.98. The van der Waals surface area contributed by atoms with E-state index in [2.05, 4.69) is 17.4 Å². The first-order valence-electron chi connectivity index (χ1n) is 8.61. The summed E-state index contributed by atoms with van der Waals surface area (Å²) in [6, 6.07) is 10.3. The summed E-state index contributed by atoms with van der Waals surface area (Å²) in [5.41, 5.74) is 1.41. The lowest BCUT2D eigenvalue weighted by atomic mass is 10.2. The van der Waals surface area contributed by atoms with E-state index in [-0.39, 0.29) is 0 Å². The van der Waals surface area contributed by atoms with Gasteiger partial charge >= 0.3 is 0 Å². The van der Waals surface area contributed by atoms with Gasteiger partial charge in [-0.2, -0.15) is 0 Å². The molecule has 2 N–H and O–H groups in total. The van der Waals surface area contributed by atoms with Crippen LogP contribution in [0.15, 0.2) is 35.2 Å². The van der Waals surface area contributed by atoms with Crippen molar-refractivity contribution < 1.29 is 5.11 Å². The topological polar surface area (TPSA) is 58.0 Å². The molecule has 1 aliphatic carbocycles. The average Bonchev–Trinajstić information content (AvgIpc) is 3.19. The normalized spacial score (nSPS) is 14.6. The molecule has 2 heterocycles. The van der Waals surface area contributed by atoms with Gasteiger partial charge in [0.05, 0.1) is 17.2 Å². The molecule has 0 radical (unpaired) electrons. The standard InChI is InChI=1S/C19H21N3OS2/c1-12(23)10-20-18-17-14-8-5-9-15(14)25-19(17)22-16(21-18)11-24-13-6-3-2-4-7-13/h2-4,6-7,12,23H,5,8-11H2,1H3,(H,20,21,22)/t12-/m1/s1. The van der Waals surface area contributed by atoms with Crippen LogP contribution in [-0.4, -0.2) is 27.7 Å². The van der Waals surface area contributed by atoms with Gasteiger partial charge in [0.1, 0.15) is 16.5 Å². The van der Waals surface area contributed by atoms with Gasteiger partial charge in [0.15, 0.2) is 0 Å². The predicted molar refractivity (Wildman–Crippen MR) is 106 cm³/mol. The summed E-state index contributed by atoms with van der Waals surface area (Å²) in [6.45, 7) is 2.29. The molecule has 0 amide bonds. The van der Waals surface area contributed by atoms with Crippen LogP contribution in [0.3, 0.4) is 0 Å². The first-order chi connectivity index (χ1) is 12.2. The van der Waals surface area contributed by atoms with Gasteiger partial charge in [-0.05, 0) is 43.9 Å². The zero-order valence-corrected chi connectivity index (χ0v) is 15.8. The first-order valence-corrected chi connectivity index (χ1v) is 10.4. The molecule has 25 heavy (non-hydrogen) atoms. The summed E-state index contributed by atoms with van der Waals surface area (Å²) in [5.74, 6) is 2.47. The molecule has 0 saturated heterocycles. The molecule has 1 aliphatic rings. The van der Waals surface area contributed by atoms with Crippen LogP contribution in [0.5, 0.6) is 0 Å². The van der Waals surface area contributed by atoms with Crippen LogP contribution in [0, 0.1) is 0 Å². The van der Waals surface area contributed by atoms with Crippen LogP contribution in [0.2, 0.25) is 0 Å². The maximum Gasteiger partial charge on any atom is 0.142 e. The highest BCUT2D eigenvalue weighted by Crippen LogP contribution is 2.39. The molecule has 4 rings (SSSR count). The minimum atomic E-state index is -0.404. The second-order valence-corrected chi connectivity index (χ2v) is 8.49. The summed E-state index contributed by atoms with van der Waals surface area (Å²) < 4.78 is 0. The fourth-order valence-electron chi connectivity index (χ4n) is 3.14. The number of anilines is 1. The second-order valence-electron chi connectivity index (χ2n) is 6.36. The van der Waals surface area contributed by atoms with Crippen LogP contribution in [0.4, 0.5) is 5.82 Å². The molecule has 0 fully saturated rings. The van der Waals surface area contributed by atoms with Crippen molar-refractivity contribution in [3.63, 3.8) is 0 Å². The lowest BCUT2D eigenvalue weighted by Crippen LogP contribution is -2.17. The fraction of sp³-hybridized carbons (Fsp3) is 0.368. The van der Waals surface area contributed by atoms with Crippen molar-refractivity contribution >= 4 is 39.1 Å². The Kier molecular flexibility index (Phi) is 4.92. The van der Waals surface area contributed by atoms with Crippen LogP contribution < -0.4 is 5.32 Å². The maximum absolute atomic E-state index is 9.64. The SMILES string of the molecule is C[C@@H](O)CNc1nc(CSc2ccccc2)nc2sc3c(c12)CCC3. The van der Waals surface area contributed by atoms with Gasteiger partial charge in [0.25, 0.3) is 0 Å². The number of fused-ring (bicyclic) bond motifs is 3. The van der Waals surface area contributed by atoms with Crippen LogP contribution in [-0.2, 0) is 18.6 Å². The number of rotatable bonds is 6. The summed E-state index contributed by atoms with van der Waals surface area (Å²) in [5, 5.41) is 14.2. The van der Waals surface area contributed by atoms with Gasteiger partial charge in [-0.3, -0.25) is 0 Å². The Morgan fingerprint density at radius 2 is 2.08 bits per heavy atom. The number of aliphatic hydroxyl groups is 1. The monoisotopic (exact) mass is 371 g/mol. The van der Waals surface area contributed by atoms with Crippen molar-refractivity contribution in [1.82, 2.24) is 9.97 Å². The van der Waals surface area contributed by atoms with E-state index in [4.69, 9.17) is 9.97 Å². The number of hydrogen-bond donors (Lipinski definition) is 2. The van der Waals surface area contributed by atoms with E-state index in [1.807, 2.05) is 29.5 Å². The Morgan fingerprint density at radius 3 is 2.88 bits per heavy atom. The highest BCUT2D eigenvalue weighted by atomic mass is 32.2. The zero-order chi connectivity index (χ0) is 17.2. The smallest absolute Gasteiger partial charge is 0.142 e. The summed E-state index contributed by atoms with van der Waals surface area (Å²) >= 11 is 3.56. The van der Waals surface area contributed by atoms with E-state index in [0.29, 0.717) is 6.54 Å². The van der Waals surface area contributed by atoms with Gasteiger partial charge in [-0.15, -0.1) is 23.1 Å². The van der Waals surface area contributed by atoms with Crippen molar-refractivity contribution in [2.75, 3.05) is 11.9 Å². The Labute approximate surface area is 155 Å². The van der Waals surface area contributed by atoms with Gasteiger partial charge in [0, 0.05) is 16.3 Å². The third kappa shape index (κ3) is 3.66. The van der Waals surface area contributed by atoms with E-state index < -0.39 is 6.10 Å². The van der Waals surface area contributed by atoms with Crippen LogP contribution in [0.25, 0.3) is 10.2 Å². The van der Waals surface area contributed by atoms with Crippen molar-refractivity contribution in [1.29, 1.82) is 0 Å². The van der Waals surface area contributed by atoms with Gasteiger partial charge < -0.3 is 10.4 Å². The summed E-state index contributed by atoms with van der Waals surface area (Å²) in [7, 11) is 0. The van der Waals surface area contributed by atoms with Gasteiger partial charge in [-0.1, -0.05) is 18.2 Å². The summed E-state index contributed by atoms with van der Waals surface area (Å²) in [4.78, 5) is 13.4. The average molecular weight is 372 g/mol. The van der Waals surface area contributed by atoms with E-state index >= 15 is 0 Å². The zero-order valence-electron chi connectivity index (χ0n) is 14.2. The largest absolute Gasteiger partial charge is 0.392 e. The predicted octanol–water partition coefficient (Wildman–Crippen LogP) is 4.27. The Morgan fingerprint density at radius 1 is 1.24 bits per heavy atom. The molecule has 0 bridgehead atoms. The minimum Gasteiger partial charge on any atom is -0.392 e. The molecular weight excluding hydrogens is 350 g/mol. The quantitative estimate of drug-likeness (QED) is 0.634. The maximum atomic E-state index is 9.64. The number of hydrogen-bond acceptors (Lipinski definition) is 6. The van der Waals surface area contributed by atoms with E-state index in [0.717, 1.165) is 35.1 Å². The molecule has 0 spiro atoms. The first kappa shape index (κ1) is 16.8. The number of thioether (sulfide) groups is 1. The molecule has 1 atom stereocenters. The lowest BCUT2D eigenvalue weighted by Gasteiger charge is -2.11. The fourth-order valence-corrected chi connectivity index (χ4v) is 5.20. The number of thiophene rings is 1. The Bertz CT molecular complexity index is 877. The molecule has 2 aromatic heterocycles. The third-order valence-corrected chi connectivity index (χ3v) is 6.48. The number of nitrogens with one attached hydrogen (secondary N) is 1. The molecule has 0 unspecified atom stereocenters. The van der Waals surface area contributed by atoms with Gasteiger partial charge in [0.2, 0.25) is 0 Å². The van der Waals surface area contributed by atoms with Gasteiger partial charge in [-0.25, -0.2) is 9.97 Å². The molecule has 3 aromatic rings. The number of nitrogens with zero attached hydrogens (tertiary/aromatic N) is 2. The lowest BCUT2D eigenvalue weighted by molar-refractivity contribution is 0.208. The Hall–Kier alpha value is -1.63. The van der Waals surface area contributed by atoms with E-state index in [1.165, 1.54) is 27.1 Å². The molecule has 1 aromatic carbocycles. The van der Waals surface area contributed by atoms with Crippen molar-refractivity contribution in [2.24, 2.45) is 0 Å². The van der Waals surface area contributed by atoms with E-state index in [9.17, 15) is 5.11 Å². The number of aryl methyl sites for hydroxylation is 2. The van der Waals surface area contributed by atoms with Crippen LogP contribution >= 0.6 is 23.1 Å². The van der Waals surface area contributed by atoms with Crippen molar-refractivity contribution in [2.45, 2.75) is 42.9 Å². The molecule has 6 heteroatoms. The third-order valence-electron chi connectivity index (χ3n) is 4.29. The second kappa shape index (κ2) is 7.32. The highest BCUT2D eigenvalue weighted by Gasteiger charge is 2.22. The van der Waals surface area contributed by atoms with Crippen LogP contribution in [0.1, 0.15) is 29.6 Å². The molecular formula is C19H21N3OS2. The Balaban J connectivity index is 1.65. The molecule has 4 nitrogen and oxygen atoms in total. The minimum absolute atomic E-state index is 0.404. The van der Waals surface area contributed by atoms with Crippen molar-refractivity contribution in [3.8, 4) is 0 Å².